The van der Waals surface area contributed by atoms with Crippen LogP contribution in [0.25, 0.3) is 0 Å². The number of aliphatic imine (C=N–C) groups is 1. The van der Waals surface area contributed by atoms with Crippen molar-refractivity contribution in [2.45, 2.75) is 51.6 Å². The van der Waals surface area contributed by atoms with Crippen LogP contribution in [0.3, 0.4) is 0 Å². The SMILES string of the molecule is CCN(Cc1ccccn1)C(N)=NC1CCCCC1. The Morgan fingerprint density at radius 2 is 2.16 bits per heavy atom. The van der Waals surface area contributed by atoms with Crippen LogP contribution in [0.15, 0.2) is 29.4 Å². The molecule has 4 heteroatoms. The molecule has 0 unspecified atom stereocenters. The van der Waals surface area contributed by atoms with Gasteiger partial charge in [-0.1, -0.05) is 25.3 Å². The molecule has 0 atom stereocenters. The van der Waals surface area contributed by atoms with Gasteiger partial charge in [0, 0.05) is 12.7 Å². The molecule has 1 fully saturated rings. The summed E-state index contributed by atoms with van der Waals surface area (Å²) in [7, 11) is 0. The van der Waals surface area contributed by atoms with E-state index in [0.29, 0.717) is 12.0 Å². The van der Waals surface area contributed by atoms with Crippen LogP contribution in [0.5, 0.6) is 0 Å². The quantitative estimate of drug-likeness (QED) is 0.668. The zero-order valence-electron chi connectivity index (χ0n) is 11.8. The van der Waals surface area contributed by atoms with Gasteiger partial charge in [0.05, 0.1) is 18.3 Å². The second-order valence-corrected chi connectivity index (χ2v) is 5.11. The van der Waals surface area contributed by atoms with Crippen LogP contribution in [0.4, 0.5) is 0 Å². The van der Waals surface area contributed by atoms with Crippen LogP contribution in [-0.2, 0) is 6.54 Å². The Kier molecular flexibility index (Phi) is 5.19. The Labute approximate surface area is 115 Å². The van der Waals surface area contributed by atoms with E-state index in [1.165, 1.54) is 32.1 Å². The molecule has 19 heavy (non-hydrogen) atoms. The van der Waals surface area contributed by atoms with Crippen molar-refractivity contribution in [3.8, 4) is 0 Å². The Morgan fingerprint density at radius 3 is 2.79 bits per heavy atom. The van der Waals surface area contributed by atoms with Crippen LogP contribution in [0.2, 0.25) is 0 Å². The minimum atomic E-state index is 0.423. The van der Waals surface area contributed by atoms with Gasteiger partial charge in [0.2, 0.25) is 0 Å². The van der Waals surface area contributed by atoms with Gasteiger partial charge in [-0.25, -0.2) is 4.99 Å². The van der Waals surface area contributed by atoms with Gasteiger partial charge >= 0.3 is 0 Å². The second-order valence-electron chi connectivity index (χ2n) is 5.11. The molecule has 0 aromatic carbocycles. The number of hydrogen-bond donors (Lipinski definition) is 1. The van der Waals surface area contributed by atoms with Gasteiger partial charge in [-0.15, -0.1) is 0 Å². The molecular formula is C15H24N4. The maximum Gasteiger partial charge on any atom is 0.191 e. The smallest absolute Gasteiger partial charge is 0.191 e. The summed E-state index contributed by atoms with van der Waals surface area (Å²) >= 11 is 0. The Hall–Kier alpha value is -1.58. The van der Waals surface area contributed by atoms with E-state index in [1.54, 1.807) is 0 Å². The molecule has 1 heterocycles. The summed E-state index contributed by atoms with van der Waals surface area (Å²) < 4.78 is 0. The van der Waals surface area contributed by atoms with Gasteiger partial charge in [0.15, 0.2) is 5.96 Å². The van der Waals surface area contributed by atoms with Crippen molar-refractivity contribution < 1.29 is 0 Å². The summed E-state index contributed by atoms with van der Waals surface area (Å²) in [5, 5.41) is 0. The summed E-state index contributed by atoms with van der Waals surface area (Å²) in [6.07, 6.45) is 8.10. The van der Waals surface area contributed by atoms with Crippen molar-refractivity contribution >= 4 is 5.96 Å². The van der Waals surface area contributed by atoms with Crippen molar-refractivity contribution in [2.75, 3.05) is 6.54 Å². The number of rotatable bonds is 4. The average molecular weight is 260 g/mol. The molecule has 0 amide bonds. The van der Waals surface area contributed by atoms with Crippen LogP contribution in [-0.4, -0.2) is 28.4 Å². The molecule has 0 saturated heterocycles. The Balaban J connectivity index is 1.97. The van der Waals surface area contributed by atoms with Gasteiger partial charge in [-0.3, -0.25) is 4.98 Å². The van der Waals surface area contributed by atoms with E-state index in [-0.39, 0.29) is 0 Å². The number of nitrogens with two attached hydrogens (primary N) is 1. The third-order valence-electron chi connectivity index (χ3n) is 3.67. The largest absolute Gasteiger partial charge is 0.370 e. The van der Waals surface area contributed by atoms with E-state index in [4.69, 9.17) is 10.7 Å². The third kappa shape index (κ3) is 4.23. The van der Waals surface area contributed by atoms with Gasteiger partial charge in [0.25, 0.3) is 0 Å². The highest BCUT2D eigenvalue weighted by Gasteiger charge is 2.14. The monoisotopic (exact) mass is 260 g/mol. The third-order valence-corrected chi connectivity index (χ3v) is 3.67. The van der Waals surface area contributed by atoms with Crippen LogP contribution >= 0.6 is 0 Å². The summed E-state index contributed by atoms with van der Waals surface area (Å²) in [4.78, 5) is 11.1. The first-order valence-electron chi connectivity index (χ1n) is 7.27. The number of nitrogens with zero attached hydrogens (tertiary/aromatic N) is 3. The Bertz CT molecular complexity index is 396. The van der Waals surface area contributed by atoms with Crippen LogP contribution in [0, 0.1) is 0 Å². The Morgan fingerprint density at radius 1 is 1.37 bits per heavy atom. The molecular weight excluding hydrogens is 236 g/mol. The highest BCUT2D eigenvalue weighted by molar-refractivity contribution is 5.78. The fourth-order valence-electron chi connectivity index (χ4n) is 2.52. The van der Waals surface area contributed by atoms with Crippen LogP contribution in [0.1, 0.15) is 44.7 Å². The topological polar surface area (TPSA) is 54.5 Å². The molecule has 2 N–H and O–H groups in total. The number of pyridine rings is 1. The highest BCUT2D eigenvalue weighted by atomic mass is 15.3. The first kappa shape index (κ1) is 13.8. The predicted octanol–water partition coefficient (Wildman–Crippen LogP) is 2.55. The van der Waals surface area contributed by atoms with Crippen molar-refractivity contribution in [1.29, 1.82) is 0 Å². The average Bonchev–Trinajstić information content (AvgIpc) is 2.47. The lowest BCUT2D eigenvalue weighted by Gasteiger charge is -2.24. The summed E-state index contributed by atoms with van der Waals surface area (Å²) in [5.74, 6) is 0.667. The first-order chi connectivity index (χ1) is 9.29. The van der Waals surface area contributed by atoms with E-state index >= 15 is 0 Å². The summed E-state index contributed by atoms with van der Waals surface area (Å²) in [5.41, 5.74) is 7.19. The van der Waals surface area contributed by atoms with E-state index in [2.05, 4.69) is 16.8 Å². The maximum atomic E-state index is 6.16. The van der Waals surface area contributed by atoms with Gasteiger partial charge < -0.3 is 10.6 Å². The van der Waals surface area contributed by atoms with Gasteiger partial charge in [0.1, 0.15) is 0 Å². The lowest BCUT2D eigenvalue weighted by Crippen LogP contribution is -2.38. The van der Waals surface area contributed by atoms with Crippen LogP contribution < -0.4 is 5.73 Å². The van der Waals surface area contributed by atoms with E-state index in [0.717, 1.165) is 18.8 Å². The molecule has 104 valence electrons. The predicted molar refractivity (Wildman–Crippen MR) is 78.8 cm³/mol. The molecule has 0 radical (unpaired) electrons. The molecule has 1 saturated carbocycles. The normalized spacial score (nSPS) is 17.4. The van der Waals surface area contributed by atoms with Crippen molar-refractivity contribution in [3.63, 3.8) is 0 Å². The first-order valence-corrected chi connectivity index (χ1v) is 7.27. The van der Waals surface area contributed by atoms with Crippen molar-refractivity contribution in [3.05, 3.63) is 30.1 Å². The lowest BCUT2D eigenvalue weighted by atomic mass is 9.96. The number of guanidine groups is 1. The van der Waals surface area contributed by atoms with Gasteiger partial charge in [-0.2, -0.15) is 0 Å². The minimum absolute atomic E-state index is 0.423. The minimum Gasteiger partial charge on any atom is -0.370 e. The molecule has 1 aromatic rings. The molecule has 0 spiro atoms. The van der Waals surface area contributed by atoms with E-state index in [9.17, 15) is 0 Å². The molecule has 2 rings (SSSR count). The van der Waals surface area contributed by atoms with E-state index in [1.807, 2.05) is 24.4 Å². The summed E-state index contributed by atoms with van der Waals surface area (Å²) in [6, 6.07) is 6.38. The summed E-state index contributed by atoms with van der Waals surface area (Å²) in [6.45, 7) is 3.70. The fraction of sp³-hybridized carbons (Fsp3) is 0.600. The maximum absolute atomic E-state index is 6.16. The molecule has 0 aliphatic heterocycles. The number of hydrogen-bond acceptors (Lipinski definition) is 2. The molecule has 0 bridgehead atoms. The fourth-order valence-corrected chi connectivity index (χ4v) is 2.52. The molecule has 4 nitrogen and oxygen atoms in total. The van der Waals surface area contributed by atoms with Crippen molar-refractivity contribution in [1.82, 2.24) is 9.88 Å². The second kappa shape index (κ2) is 7.12. The zero-order chi connectivity index (χ0) is 13.5. The highest BCUT2D eigenvalue weighted by Crippen LogP contribution is 2.20. The van der Waals surface area contributed by atoms with Crippen molar-refractivity contribution in [2.24, 2.45) is 10.7 Å². The standard InChI is InChI=1S/C15H24N4/c1-2-19(12-14-10-6-7-11-17-14)15(16)18-13-8-4-3-5-9-13/h6-7,10-11,13H,2-5,8-9,12H2,1H3,(H2,16,18). The van der Waals surface area contributed by atoms with E-state index < -0.39 is 0 Å². The van der Waals surface area contributed by atoms with Gasteiger partial charge in [-0.05, 0) is 31.9 Å². The number of aromatic nitrogens is 1. The zero-order valence-corrected chi connectivity index (χ0v) is 11.8. The molecule has 1 aliphatic rings. The molecule has 1 aromatic heterocycles. The molecule has 1 aliphatic carbocycles. The lowest BCUT2D eigenvalue weighted by molar-refractivity contribution is 0.402.